The molecule has 25 heavy (non-hydrogen) atoms. The Morgan fingerprint density at radius 2 is 2.24 bits per heavy atom. The Kier molecular flexibility index (Phi) is 4.69. The van der Waals surface area contributed by atoms with E-state index in [9.17, 15) is 4.79 Å². The minimum Gasteiger partial charge on any atom is -0.488 e. The van der Waals surface area contributed by atoms with Crippen LogP contribution in [0.25, 0.3) is 0 Å². The molecule has 1 saturated carbocycles. The van der Waals surface area contributed by atoms with E-state index in [1.165, 1.54) is 12.0 Å². The van der Waals surface area contributed by atoms with Crippen LogP contribution in [-0.4, -0.2) is 55.8 Å². The van der Waals surface area contributed by atoms with Crippen molar-refractivity contribution in [2.45, 2.75) is 44.8 Å². The van der Waals surface area contributed by atoms with E-state index >= 15 is 0 Å². The largest absolute Gasteiger partial charge is 0.488 e. The molecular weight excluding hydrogens is 316 g/mol. The zero-order chi connectivity index (χ0) is 17.3. The number of fused-ring (bicyclic) bond motifs is 1. The predicted molar refractivity (Wildman–Crippen MR) is 95.7 cm³/mol. The minimum atomic E-state index is 0.0600. The van der Waals surface area contributed by atoms with Crippen LogP contribution < -0.4 is 10.1 Å². The Morgan fingerprint density at radius 1 is 1.40 bits per heavy atom. The molecule has 0 radical (unpaired) electrons. The predicted octanol–water partition coefficient (Wildman–Crippen LogP) is 2.00. The van der Waals surface area contributed by atoms with E-state index in [0.29, 0.717) is 24.6 Å². The highest BCUT2D eigenvalue weighted by molar-refractivity contribution is 5.78. The Hall–Kier alpha value is -1.59. The molecule has 1 aromatic carbocycles. The van der Waals surface area contributed by atoms with E-state index in [-0.39, 0.29) is 12.0 Å². The minimum absolute atomic E-state index is 0.0600. The number of likely N-dealkylation sites (tertiary alicyclic amines) is 1. The Bertz CT molecular complexity index is 602. The molecule has 1 atom stereocenters. The average Bonchev–Trinajstić information content (AvgIpc) is 3.17. The SMILES string of the molecule is CCOC1CC2(CCN(CC(=O)NCC3Cc4ccccc4O3)C2)C1. The van der Waals surface area contributed by atoms with Crippen molar-refractivity contribution in [3.63, 3.8) is 0 Å². The molecule has 1 N–H and O–H groups in total. The van der Waals surface area contributed by atoms with Crippen LogP contribution in [-0.2, 0) is 16.0 Å². The topological polar surface area (TPSA) is 50.8 Å². The molecular formula is C20H28N2O3. The summed E-state index contributed by atoms with van der Waals surface area (Å²) < 4.78 is 11.6. The number of carbonyl (C=O) groups excluding carboxylic acids is 1. The second-order valence-corrected chi connectivity index (χ2v) is 7.80. The van der Waals surface area contributed by atoms with Crippen molar-refractivity contribution >= 4 is 5.91 Å². The fourth-order valence-electron chi connectivity index (χ4n) is 4.61. The number of benzene rings is 1. The molecule has 0 bridgehead atoms. The van der Waals surface area contributed by atoms with Crippen molar-refractivity contribution in [3.8, 4) is 5.75 Å². The summed E-state index contributed by atoms with van der Waals surface area (Å²) in [5, 5.41) is 3.05. The molecule has 1 spiro atoms. The molecule has 5 nitrogen and oxygen atoms in total. The molecule has 2 heterocycles. The number of hydrogen-bond donors (Lipinski definition) is 1. The van der Waals surface area contributed by atoms with Gasteiger partial charge in [0.25, 0.3) is 0 Å². The molecule has 5 heteroatoms. The summed E-state index contributed by atoms with van der Waals surface area (Å²) in [5.74, 6) is 1.06. The van der Waals surface area contributed by atoms with E-state index in [2.05, 4.69) is 23.2 Å². The highest BCUT2D eigenvalue weighted by Crippen LogP contribution is 2.49. The zero-order valence-electron chi connectivity index (χ0n) is 15.0. The number of ether oxygens (including phenoxy) is 2. The second kappa shape index (κ2) is 6.96. The van der Waals surface area contributed by atoms with Gasteiger partial charge in [-0.25, -0.2) is 0 Å². The normalized spacial score (nSPS) is 30.8. The average molecular weight is 344 g/mol. The third-order valence-electron chi connectivity index (χ3n) is 5.85. The summed E-state index contributed by atoms with van der Waals surface area (Å²) >= 11 is 0. The number of amides is 1. The van der Waals surface area contributed by atoms with Crippen molar-refractivity contribution < 1.29 is 14.3 Å². The fourth-order valence-corrected chi connectivity index (χ4v) is 4.61. The third-order valence-corrected chi connectivity index (χ3v) is 5.85. The van der Waals surface area contributed by atoms with Gasteiger partial charge in [0, 0.05) is 19.6 Å². The Morgan fingerprint density at radius 3 is 3.04 bits per heavy atom. The van der Waals surface area contributed by atoms with Crippen molar-refractivity contribution in [3.05, 3.63) is 29.8 Å². The number of hydrogen-bond acceptors (Lipinski definition) is 4. The smallest absolute Gasteiger partial charge is 0.234 e. The van der Waals surface area contributed by atoms with Crippen molar-refractivity contribution in [2.75, 3.05) is 32.8 Å². The maximum Gasteiger partial charge on any atom is 0.234 e. The van der Waals surface area contributed by atoms with E-state index in [1.54, 1.807) is 0 Å². The first-order valence-corrected chi connectivity index (χ1v) is 9.51. The first-order valence-electron chi connectivity index (χ1n) is 9.51. The second-order valence-electron chi connectivity index (χ2n) is 7.80. The van der Waals surface area contributed by atoms with Crippen LogP contribution in [0.4, 0.5) is 0 Å². The lowest BCUT2D eigenvalue weighted by Crippen LogP contribution is -2.46. The standard InChI is InChI=1S/C20H28N2O3/c1-2-24-17-10-20(11-17)7-8-22(14-20)13-19(23)21-12-16-9-15-5-3-4-6-18(15)25-16/h3-6,16-17H,2,7-14H2,1H3,(H,21,23). The molecule has 0 aromatic heterocycles. The van der Waals surface area contributed by atoms with E-state index in [0.717, 1.165) is 44.7 Å². The lowest BCUT2D eigenvalue weighted by molar-refractivity contribution is -0.122. The van der Waals surface area contributed by atoms with Crippen LogP contribution >= 0.6 is 0 Å². The molecule has 3 aliphatic rings. The van der Waals surface area contributed by atoms with Crippen molar-refractivity contribution in [1.29, 1.82) is 0 Å². The lowest BCUT2D eigenvalue weighted by Gasteiger charge is -2.44. The van der Waals surface area contributed by atoms with Gasteiger partial charge in [-0.15, -0.1) is 0 Å². The molecule has 136 valence electrons. The summed E-state index contributed by atoms with van der Waals surface area (Å²) in [7, 11) is 0. The summed E-state index contributed by atoms with van der Waals surface area (Å²) in [6.45, 7) is 6.01. The molecule has 2 aliphatic heterocycles. The molecule has 2 fully saturated rings. The molecule has 4 rings (SSSR count). The maximum atomic E-state index is 12.3. The lowest BCUT2D eigenvalue weighted by atomic mass is 9.66. The molecule has 1 saturated heterocycles. The van der Waals surface area contributed by atoms with Gasteiger partial charge in [0.05, 0.1) is 19.2 Å². The van der Waals surface area contributed by atoms with Gasteiger partial charge in [0.1, 0.15) is 11.9 Å². The quantitative estimate of drug-likeness (QED) is 0.858. The van der Waals surface area contributed by atoms with Gasteiger partial charge in [-0.1, -0.05) is 18.2 Å². The number of nitrogens with one attached hydrogen (secondary N) is 1. The van der Waals surface area contributed by atoms with Crippen LogP contribution in [0.3, 0.4) is 0 Å². The van der Waals surface area contributed by atoms with Gasteiger partial charge >= 0.3 is 0 Å². The van der Waals surface area contributed by atoms with Crippen LogP contribution in [0.5, 0.6) is 5.75 Å². The highest BCUT2D eigenvalue weighted by Gasteiger charge is 2.48. The van der Waals surface area contributed by atoms with Gasteiger partial charge in [0.15, 0.2) is 0 Å². The van der Waals surface area contributed by atoms with Gasteiger partial charge in [0.2, 0.25) is 5.91 Å². The van der Waals surface area contributed by atoms with Gasteiger partial charge in [-0.2, -0.15) is 0 Å². The summed E-state index contributed by atoms with van der Waals surface area (Å²) in [5.41, 5.74) is 1.65. The number of nitrogens with zero attached hydrogens (tertiary/aromatic N) is 1. The summed E-state index contributed by atoms with van der Waals surface area (Å²) in [4.78, 5) is 14.6. The van der Waals surface area contributed by atoms with Gasteiger partial charge in [-0.05, 0) is 49.8 Å². The van der Waals surface area contributed by atoms with Crippen LogP contribution in [0.15, 0.2) is 24.3 Å². The first kappa shape index (κ1) is 16.9. The monoisotopic (exact) mass is 344 g/mol. The molecule has 1 aromatic rings. The van der Waals surface area contributed by atoms with Gasteiger partial charge < -0.3 is 14.8 Å². The first-order chi connectivity index (χ1) is 12.2. The Balaban J connectivity index is 1.17. The van der Waals surface area contributed by atoms with Crippen molar-refractivity contribution in [1.82, 2.24) is 10.2 Å². The van der Waals surface area contributed by atoms with Crippen molar-refractivity contribution in [2.24, 2.45) is 5.41 Å². The van der Waals surface area contributed by atoms with E-state index in [1.807, 2.05) is 18.2 Å². The number of para-hydroxylation sites is 1. The highest BCUT2D eigenvalue weighted by atomic mass is 16.5. The fraction of sp³-hybridized carbons (Fsp3) is 0.650. The molecule has 1 aliphatic carbocycles. The third kappa shape index (κ3) is 3.67. The Labute approximate surface area is 149 Å². The van der Waals surface area contributed by atoms with Crippen LogP contribution in [0.2, 0.25) is 0 Å². The summed E-state index contributed by atoms with van der Waals surface area (Å²) in [6.07, 6.45) is 4.90. The molecule has 1 amide bonds. The summed E-state index contributed by atoms with van der Waals surface area (Å²) in [6, 6.07) is 8.10. The molecule has 1 unspecified atom stereocenters. The van der Waals surface area contributed by atoms with Gasteiger partial charge in [-0.3, -0.25) is 9.69 Å². The number of carbonyl (C=O) groups is 1. The van der Waals surface area contributed by atoms with E-state index < -0.39 is 0 Å². The number of rotatable bonds is 6. The zero-order valence-corrected chi connectivity index (χ0v) is 15.0. The maximum absolute atomic E-state index is 12.3. The van der Waals surface area contributed by atoms with Crippen LogP contribution in [0.1, 0.15) is 31.7 Å². The van der Waals surface area contributed by atoms with E-state index in [4.69, 9.17) is 9.47 Å². The van der Waals surface area contributed by atoms with Crippen LogP contribution in [0, 0.1) is 5.41 Å².